The van der Waals surface area contributed by atoms with Gasteiger partial charge in [0.25, 0.3) is 11.7 Å². The SMILES string of the molecule is COc1ccc([C@@H]2C(=C(O)c3ccccc3)C(=O)C(=O)N2Cc2cccnc2)cc1OC. The number of methoxy groups -OCH3 is 2. The van der Waals surface area contributed by atoms with Gasteiger partial charge in [0.15, 0.2) is 11.5 Å². The summed E-state index contributed by atoms with van der Waals surface area (Å²) in [5, 5.41) is 11.1. The fourth-order valence-electron chi connectivity index (χ4n) is 3.85. The zero-order valence-electron chi connectivity index (χ0n) is 17.7. The number of amides is 1. The topological polar surface area (TPSA) is 89.0 Å². The number of pyridine rings is 1. The number of hydrogen-bond acceptors (Lipinski definition) is 6. The average Bonchev–Trinajstić information content (AvgIpc) is 3.09. The Morgan fingerprint density at radius 1 is 1.00 bits per heavy atom. The lowest BCUT2D eigenvalue weighted by molar-refractivity contribution is -0.140. The van der Waals surface area contributed by atoms with E-state index in [0.717, 1.165) is 5.56 Å². The van der Waals surface area contributed by atoms with Gasteiger partial charge in [-0.2, -0.15) is 0 Å². The number of carbonyl (C=O) groups is 2. The van der Waals surface area contributed by atoms with Crippen LogP contribution < -0.4 is 9.47 Å². The number of likely N-dealkylation sites (tertiary alicyclic amines) is 1. The third kappa shape index (κ3) is 3.80. The zero-order valence-corrected chi connectivity index (χ0v) is 17.7. The van der Waals surface area contributed by atoms with Crippen molar-refractivity contribution in [3.05, 3.63) is 95.3 Å². The predicted molar refractivity (Wildman–Crippen MR) is 118 cm³/mol. The number of nitrogens with zero attached hydrogens (tertiary/aromatic N) is 2. The van der Waals surface area contributed by atoms with Crippen molar-refractivity contribution in [1.29, 1.82) is 0 Å². The second kappa shape index (κ2) is 8.93. The molecule has 32 heavy (non-hydrogen) atoms. The van der Waals surface area contributed by atoms with Crippen LogP contribution in [0.3, 0.4) is 0 Å². The predicted octanol–water partition coefficient (Wildman–Crippen LogP) is 3.72. The molecule has 1 aromatic heterocycles. The summed E-state index contributed by atoms with van der Waals surface area (Å²) in [6.07, 6.45) is 3.28. The largest absolute Gasteiger partial charge is 0.507 e. The summed E-state index contributed by atoms with van der Waals surface area (Å²) in [4.78, 5) is 31.7. The number of ether oxygens (including phenoxy) is 2. The molecule has 0 unspecified atom stereocenters. The highest BCUT2D eigenvalue weighted by Crippen LogP contribution is 2.42. The van der Waals surface area contributed by atoms with Crippen molar-refractivity contribution in [3.63, 3.8) is 0 Å². The van der Waals surface area contributed by atoms with E-state index in [1.54, 1.807) is 60.9 Å². The summed E-state index contributed by atoms with van der Waals surface area (Å²) in [5.41, 5.74) is 1.86. The van der Waals surface area contributed by atoms with Gasteiger partial charge in [0.1, 0.15) is 5.76 Å². The standard InChI is InChI=1S/C25H22N2O5/c1-31-19-11-10-18(13-20(19)32-2)22-21(23(28)17-8-4-3-5-9-17)24(29)25(30)27(22)15-16-7-6-12-26-14-16/h3-14,22,28H,15H2,1-2H3/t22-/m1/s1. The van der Waals surface area contributed by atoms with Gasteiger partial charge < -0.3 is 19.5 Å². The lowest BCUT2D eigenvalue weighted by Crippen LogP contribution is -2.29. The van der Waals surface area contributed by atoms with Crippen LogP contribution >= 0.6 is 0 Å². The highest BCUT2D eigenvalue weighted by molar-refractivity contribution is 6.46. The van der Waals surface area contributed by atoms with Crippen molar-refractivity contribution in [2.24, 2.45) is 0 Å². The van der Waals surface area contributed by atoms with E-state index in [1.807, 2.05) is 12.1 Å². The molecule has 0 saturated carbocycles. The molecule has 162 valence electrons. The number of hydrogen-bond donors (Lipinski definition) is 1. The fourth-order valence-corrected chi connectivity index (χ4v) is 3.85. The van der Waals surface area contributed by atoms with E-state index in [0.29, 0.717) is 22.6 Å². The van der Waals surface area contributed by atoms with Gasteiger partial charge in [0, 0.05) is 24.5 Å². The van der Waals surface area contributed by atoms with Crippen LogP contribution in [0.4, 0.5) is 0 Å². The van der Waals surface area contributed by atoms with Crippen LogP contribution in [0.2, 0.25) is 0 Å². The van der Waals surface area contributed by atoms with Crippen molar-refractivity contribution in [1.82, 2.24) is 9.88 Å². The van der Waals surface area contributed by atoms with Crippen molar-refractivity contribution < 1.29 is 24.2 Å². The van der Waals surface area contributed by atoms with Crippen molar-refractivity contribution in [2.75, 3.05) is 14.2 Å². The van der Waals surface area contributed by atoms with Gasteiger partial charge in [-0.15, -0.1) is 0 Å². The van der Waals surface area contributed by atoms with Crippen LogP contribution in [0.25, 0.3) is 5.76 Å². The third-order valence-electron chi connectivity index (χ3n) is 5.39. The highest BCUT2D eigenvalue weighted by atomic mass is 16.5. The second-order valence-electron chi connectivity index (χ2n) is 7.27. The van der Waals surface area contributed by atoms with Gasteiger partial charge in [-0.25, -0.2) is 0 Å². The number of aliphatic hydroxyl groups excluding tert-OH is 1. The van der Waals surface area contributed by atoms with Gasteiger partial charge in [0.05, 0.1) is 25.8 Å². The van der Waals surface area contributed by atoms with Crippen LogP contribution in [-0.2, 0) is 16.1 Å². The van der Waals surface area contributed by atoms with Crippen LogP contribution in [-0.4, -0.2) is 40.9 Å². The second-order valence-corrected chi connectivity index (χ2v) is 7.27. The molecule has 3 aromatic rings. The molecule has 1 fully saturated rings. The Morgan fingerprint density at radius 3 is 2.41 bits per heavy atom. The number of aliphatic hydroxyl groups is 1. The molecular formula is C25H22N2O5. The van der Waals surface area contributed by atoms with Gasteiger partial charge in [-0.05, 0) is 29.3 Å². The first kappa shape index (κ1) is 21.1. The van der Waals surface area contributed by atoms with Crippen LogP contribution in [0, 0.1) is 0 Å². The fraction of sp³-hybridized carbons (Fsp3) is 0.160. The van der Waals surface area contributed by atoms with Crippen molar-refractivity contribution in [2.45, 2.75) is 12.6 Å². The van der Waals surface area contributed by atoms with Crippen molar-refractivity contribution in [3.8, 4) is 11.5 Å². The Hall–Kier alpha value is -4.13. The number of benzene rings is 2. The number of rotatable bonds is 6. The van der Waals surface area contributed by atoms with Gasteiger partial charge in [0.2, 0.25) is 0 Å². The Labute approximate surface area is 185 Å². The van der Waals surface area contributed by atoms with E-state index in [1.165, 1.54) is 19.1 Å². The zero-order chi connectivity index (χ0) is 22.7. The molecule has 4 rings (SSSR count). The van der Waals surface area contributed by atoms with Crippen LogP contribution in [0.5, 0.6) is 11.5 Å². The summed E-state index contributed by atoms with van der Waals surface area (Å²) < 4.78 is 10.7. The lowest BCUT2D eigenvalue weighted by atomic mass is 9.95. The van der Waals surface area contributed by atoms with Crippen molar-refractivity contribution >= 4 is 17.4 Å². The molecule has 7 nitrogen and oxygen atoms in total. The summed E-state index contributed by atoms with van der Waals surface area (Å²) in [6, 6.07) is 16.7. The summed E-state index contributed by atoms with van der Waals surface area (Å²) in [6.45, 7) is 0.156. The maximum atomic E-state index is 13.1. The molecule has 1 N–H and O–H groups in total. The number of ketones is 1. The molecule has 1 saturated heterocycles. The highest BCUT2D eigenvalue weighted by Gasteiger charge is 2.46. The maximum Gasteiger partial charge on any atom is 0.295 e. The molecule has 2 aromatic carbocycles. The van der Waals surface area contributed by atoms with Gasteiger partial charge >= 0.3 is 0 Å². The minimum atomic E-state index is -0.810. The summed E-state index contributed by atoms with van der Waals surface area (Å²) in [7, 11) is 3.04. The number of aromatic nitrogens is 1. The number of carbonyl (C=O) groups excluding carboxylic acids is 2. The van der Waals surface area contributed by atoms with Gasteiger partial charge in [-0.3, -0.25) is 14.6 Å². The monoisotopic (exact) mass is 430 g/mol. The first-order valence-corrected chi connectivity index (χ1v) is 9.99. The molecule has 7 heteroatoms. The van der Waals surface area contributed by atoms with E-state index < -0.39 is 17.7 Å². The van der Waals surface area contributed by atoms with Gasteiger partial charge in [-0.1, -0.05) is 42.5 Å². The minimum Gasteiger partial charge on any atom is -0.507 e. The Morgan fingerprint density at radius 2 is 1.75 bits per heavy atom. The van der Waals surface area contributed by atoms with E-state index in [4.69, 9.17) is 9.47 Å². The molecule has 0 bridgehead atoms. The quantitative estimate of drug-likeness (QED) is 0.364. The summed E-state index contributed by atoms with van der Waals surface area (Å²) >= 11 is 0. The molecule has 0 aliphatic carbocycles. The average molecular weight is 430 g/mol. The smallest absolute Gasteiger partial charge is 0.295 e. The normalized spacial score (nSPS) is 17.4. The Balaban J connectivity index is 1.89. The molecule has 1 amide bonds. The molecule has 1 aliphatic heterocycles. The van der Waals surface area contributed by atoms with E-state index in [2.05, 4.69) is 4.98 Å². The first-order chi connectivity index (χ1) is 15.5. The molecule has 2 heterocycles. The summed E-state index contributed by atoms with van der Waals surface area (Å²) in [5.74, 6) is -0.682. The Bertz CT molecular complexity index is 1180. The Kier molecular flexibility index (Phi) is 5.89. The molecular weight excluding hydrogens is 408 g/mol. The van der Waals surface area contributed by atoms with Crippen LogP contribution in [0.15, 0.2) is 78.6 Å². The molecule has 0 radical (unpaired) electrons. The molecule has 1 atom stereocenters. The molecule has 1 aliphatic rings. The van der Waals surface area contributed by atoms with E-state index >= 15 is 0 Å². The number of Topliss-reactive ketones (excluding diaryl/α,β-unsaturated/α-hetero) is 1. The molecule has 0 spiro atoms. The maximum absolute atomic E-state index is 13.1. The minimum absolute atomic E-state index is 0.0253. The lowest BCUT2D eigenvalue weighted by Gasteiger charge is -2.26. The first-order valence-electron chi connectivity index (χ1n) is 9.99. The van der Waals surface area contributed by atoms with Crippen LogP contribution in [0.1, 0.15) is 22.7 Å². The van der Waals surface area contributed by atoms with E-state index in [-0.39, 0.29) is 17.9 Å². The van der Waals surface area contributed by atoms with E-state index in [9.17, 15) is 14.7 Å². The third-order valence-corrected chi connectivity index (χ3v) is 5.39.